The highest BCUT2D eigenvalue weighted by atomic mass is 35.5. The molecule has 53 heavy (non-hydrogen) atoms. The highest BCUT2D eigenvalue weighted by molar-refractivity contribution is 6.31. The quantitative estimate of drug-likeness (QED) is 0.122. The summed E-state index contributed by atoms with van der Waals surface area (Å²) in [6.07, 6.45) is 3.83. The van der Waals surface area contributed by atoms with Gasteiger partial charge < -0.3 is 19.7 Å². The van der Waals surface area contributed by atoms with Crippen LogP contribution < -0.4 is 0 Å². The molecule has 2 aliphatic carbocycles. The number of carbonyl (C=O) groups excluding carboxylic acids is 4. The van der Waals surface area contributed by atoms with Crippen molar-refractivity contribution < 1.29 is 38.9 Å². The Morgan fingerprint density at radius 2 is 1.00 bits per heavy atom. The number of ketones is 2. The van der Waals surface area contributed by atoms with Gasteiger partial charge in [-0.05, 0) is 126 Å². The van der Waals surface area contributed by atoms with Crippen molar-refractivity contribution in [2.75, 3.05) is 13.2 Å². The molecule has 0 aromatic heterocycles. The first-order valence-electron chi connectivity index (χ1n) is 17.4. The average molecular weight is 754 g/mol. The maximum absolute atomic E-state index is 13.5. The van der Waals surface area contributed by atoms with E-state index in [1.807, 2.05) is 24.3 Å². The van der Waals surface area contributed by atoms with Gasteiger partial charge in [0.2, 0.25) is 0 Å². The number of hydrogen-bond donors (Lipinski definition) is 2. The summed E-state index contributed by atoms with van der Waals surface area (Å²) in [6.45, 7) is 3.54. The fourth-order valence-electron chi connectivity index (χ4n) is 7.34. The number of rotatable bonds is 10. The first-order chi connectivity index (χ1) is 25.5. The highest BCUT2D eigenvalue weighted by Gasteiger charge is 2.42. The van der Waals surface area contributed by atoms with Gasteiger partial charge in [-0.3, -0.25) is 19.2 Å². The Labute approximate surface area is 317 Å². The molecule has 0 spiro atoms. The van der Waals surface area contributed by atoms with Crippen LogP contribution in [0.5, 0.6) is 11.5 Å². The van der Waals surface area contributed by atoms with Crippen molar-refractivity contribution in [1.82, 2.24) is 0 Å². The minimum atomic E-state index is -1.15. The molecule has 6 rings (SSSR count). The summed E-state index contributed by atoms with van der Waals surface area (Å²) in [5.41, 5.74) is 5.32. The van der Waals surface area contributed by atoms with Crippen molar-refractivity contribution in [3.63, 3.8) is 0 Å². The van der Waals surface area contributed by atoms with Gasteiger partial charge in [0.15, 0.2) is 11.6 Å². The molecule has 0 saturated heterocycles. The fourth-order valence-corrected chi connectivity index (χ4v) is 7.59. The van der Waals surface area contributed by atoms with E-state index in [4.69, 9.17) is 32.7 Å². The summed E-state index contributed by atoms with van der Waals surface area (Å²) < 4.78 is 10.6. The number of hydrogen-bond acceptors (Lipinski definition) is 8. The van der Waals surface area contributed by atoms with Gasteiger partial charge in [-0.15, -0.1) is 0 Å². The zero-order chi connectivity index (χ0) is 37.8. The predicted octanol–water partition coefficient (Wildman–Crippen LogP) is 8.63. The van der Waals surface area contributed by atoms with Crippen LogP contribution in [0, 0.1) is 11.8 Å². The van der Waals surface area contributed by atoms with E-state index >= 15 is 0 Å². The molecule has 8 nitrogen and oxygen atoms in total. The first-order valence-corrected chi connectivity index (χ1v) is 18.2. The summed E-state index contributed by atoms with van der Waals surface area (Å²) in [7, 11) is 0. The normalized spacial score (nSPS) is 20.0. The molecular formula is C43H38Cl2O8. The molecule has 2 N–H and O–H groups in total. The van der Waals surface area contributed by atoms with Crippen LogP contribution >= 0.6 is 23.2 Å². The lowest BCUT2D eigenvalue weighted by molar-refractivity contribution is -0.153. The van der Waals surface area contributed by atoms with E-state index in [1.54, 1.807) is 74.5 Å². The molecule has 4 aromatic carbocycles. The van der Waals surface area contributed by atoms with Crippen molar-refractivity contribution >= 4 is 57.9 Å². The second-order valence-corrected chi connectivity index (χ2v) is 14.1. The van der Waals surface area contributed by atoms with E-state index in [-0.39, 0.29) is 37.6 Å². The van der Waals surface area contributed by atoms with Crippen molar-refractivity contribution in [3.8, 4) is 11.5 Å². The monoisotopic (exact) mass is 752 g/mol. The Bertz CT molecular complexity index is 1970. The third-order valence-corrected chi connectivity index (χ3v) is 10.3. The molecule has 0 bridgehead atoms. The zero-order valence-electron chi connectivity index (χ0n) is 29.2. The molecule has 0 amide bonds. The number of esters is 2. The second kappa shape index (κ2) is 16.2. The maximum atomic E-state index is 13.5. The maximum Gasteiger partial charge on any atom is 0.317 e. The van der Waals surface area contributed by atoms with Gasteiger partial charge in [-0.25, -0.2) is 0 Å². The third-order valence-electron chi connectivity index (χ3n) is 9.83. The number of ether oxygens (including phenoxy) is 2. The Morgan fingerprint density at radius 3 is 1.36 bits per heavy atom. The number of halogens is 2. The Morgan fingerprint density at radius 1 is 0.623 bits per heavy atom. The van der Waals surface area contributed by atoms with E-state index < -0.39 is 47.2 Å². The predicted molar refractivity (Wildman–Crippen MR) is 203 cm³/mol. The molecule has 0 radical (unpaired) electrons. The minimum absolute atomic E-state index is 0.0656. The molecule has 0 heterocycles. The molecule has 272 valence electrons. The van der Waals surface area contributed by atoms with E-state index in [2.05, 4.69) is 0 Å². The van der Waals surface area contributed by atoms with Gasteiger partial charge in [0.1, 0.15) is 23.3 Å². The van der Waals surface area contributed by atoms with Crippen LogP contribution in [0.2, 0.25) is 10.0 Å². The van der Waals surface area contributed by atoms with Crippen LogP contribution in [0.3, 0.4) is 0 Å². The molecule has 4 unspecified atom stereocenters. The van der Waals surface area contributed by atoms with Crippen LogP contribution in [0.25, 0.3) is 11.1 Å². The smallest absolute Gasteiger partial charge is 0.317 e. The Balaban J connectivity index is 1.34. The zero-order valence-corrected chi connectivity index (χ0v) is 30.7. The second-order valence-electron chi connectivity index (χ2n) is 13.2. The minimum Gasteiger partial charge on any atom is -0.508 e. The molecule has 4 atom stereocenters. The van der Waals surface area contributed by atoms with Crippen LogP contribution in [0.4, 0.5) is 0 Å². The van der Waals surface area contributed by atoms with Gasteiger partial charge in [0.05, 0.1) is 13.2 Å². The summed E-state index contributed by atoms with van der Waals surface area (Å²) >= 11 is 12.2. The van der Waals surface area contributed by atoms with Gasteiger partial charge in [0.25, 0.3) is 0 Å². The summed E-state index contributed by atoms with van der Waals surface area (Å²) in [6, 6.07) is 24.3. The lowest BCUT2D eigenvalue weighted by Crippen LogP contribution is -2.34. The van der Waals surface area contributed by atoms with E-state index in [0.29, 0.717) is 38.7 Å². The Kier molecular flexibility index (Phi) is 11.5. The topological polar surface area (TPSA) is 127 Å². The van der Waals surface area contributed by atoms with Gasteiger partial charge >= 0.3 is 11.9 Å². The fraction of sp³-hybridized carbons (Fsp3) is 0.256. The standard InChI is InChI=1S/C43H38Cl2O8/c1-3-52-42(50)40-34(20-28(22-38(40)48)26-7-11-30(44)12-8-26)32-18-24(5-15-36(32)46)17-25-6-16-37(47)33(19-25)35-21-29(27-9-13-31(45)14-10-27)23-39(49)41(35)43(51)53-4-2/h5-16,18-19,22-23,34-35,40-41,46-47H,3-4,17,20-21H2,1-2H3. The lowest BCUT2D eigenvalue weighted by Gasteiger charge is -2.30. The van der Waals surface area contributed by atoms with Gasteiger partial charge in [0, 0.05) is 21.9 Å². The molecule has 0 saturated carbocycles. The number of aromatic hydroxyl groups is 2. The number of carbonyl (C=O) groups is 4. The molecule has 2 aliphatic rings. The molecule has 0 fully saturated rings. The van der Waals surface area contributed by atoms with E-state index in [0.717, 1.165) is 22.3 Å². The number of allylic oxidation sites excluding steroid dienone is 4. The van der Waals surface area contributed by atoms with Crippen molar-refractivity contribution in [2.45, 2.75) is 44.9 Å². The number of phenols is 2. The van der Waals surface area contributed by atoms with Crippen molar-refractivity contribution in [2.24, 2.45) is 11.8 Å². The van der Waals surface area contributed by atoms with E-state index in [1.165, 1.54) is 12.2 Å². The third kappa shape index (κ3) is 8.24. The lowest BCUT2D eigenvalue weighted by atomic mass is 9.72. The summed E-state index contributed by atoms with van der Waals surface area (Å²) in [4.78, 5) is 53.5. The Hall–Kier alpha value is -5.18. The summed E-state index contributed by atoms with van der Waals surface area (Å²) in [5, 5.41) is 23.4. The van der Waals surface area contributed by atoms with Gasteiger partial charge in [-0.1, -0.05) is 71.7 Å². The largest absolute Gasteiger partial charge is 0.508 e. The SMILES string of the molecule is CCOC(=O)C1C(=O)C=C(c2ccc(Cl)cc2)CC1c1cc(Cc2ccc(O)c(C3CC(c4ccc(Cl)cc4)=CC(=O)C3C(=O)OCC)c2)ccc1O. The molecule has 0 aliphatic heterocycles. The van der Waals surface area contributed by atoms with Crippen LogP contribution in [-0.4, -0.2) is 46.9 Å². The van der Waals surface area contributed by atoms with Crippen molar-refractivity contribution in [3.05, 3.63) is 141 Å². The molecule has 10 heteroatoms. The number of benzene rings is 4. The van der Waals surface area contributed by atoms with Gasteiger partial charge in [-0.2, -0.15) is 0 Å². The van der Waals surface area contributed by atoms with Crippen molar-refractivity contribution in [1.29, 1.82) is 0 Å². The summed E-state index contributed by atoms with van der Waals surface area (Å²) in [5.74, 6) is -6.02. The molecular weight excluding hydrogens is 715 g/mol. The highest BCUT2D eigenvalue weighted by Crippen LogP contribution is 2.46. The van der Waals surface area contributed by atoms with Crippen LogP contribution in [0.15, 0.2) is 97.1 Å². The first kappa shape index (κ1) is 37.6. The van der Waals surface area contributed by atoms with Crippen LogP contribution in [0.1, 0.15) is 71.9 Å². The average Bonchev–Trinajstić information content (AvgIpc) is 3.13. The number of phenolic OH excluding ortho intramolecular Hbond substituents is 2. The molecule has 4 aromatic rings. The van der Waals surface area contributed by atoms with E-state index in [9.17, 15) is 29.4 Å². The van der Waals surface area contributed by atoms with Crippen LogP contribution in [-0.2, 0) is 35.1 Å².